The third kappa shape index (κ3) is 3.51. The predicted octanol–water partition coefficient (Wildman–Crippen LogP) is 1.80. The fourth-order valence-corrected chi connectivity index (χ4v) is 5.10. The molecule has 0 radical (unpaired) electrons. The van der Waals surface area contributed by atoms with Gasteiger partial charge in [0, 0.05) is 37.8 Å². The second-order valence-electron chi connectivity index (χ2n) is 8.20. The van der Waals surface area contributed by atoms with Crippen molar-refractivity contribution in [2.45, 2.75) is 31.1 Å². The highest BCUT2D eigenvalue weighted by Crippen LogP contribution is 2.24. The van der Waals surface area contributed by atoms with Gasteiger partial charge in [-0.2, -0.15) is 19.1 Å². The quantitative estimate of drug-likeness (QED) is 0.630. The maximum Gasteiger partial charge on any atom is 0.254 e. The average Bonchev–Trinajstić information content (AvgIpc) is 3.17. The number of piperazine rings is 1. The van der Waals surface area contributed by atoms with Crippen molar-refractivity contribution in [3.63, 3.8) is 0 Å². The molecule has 10 heteroatoms. The van der Waals surface area contributed by atoms with Gasteiger partial charge in [0.15, 0.2) is 0 Å². The van der Waals surface area contributed by atoms with Crippen LogP contribution in [0.5, 0.6) is 0 Å². The number of hydrogen-bond donors (Lipinski definition) is 0. The first-order valence-electron chi connectivity index (χ1n) is 9.68. The van der Waals surface area contributed by atoms with Crippen molar-refractivity contribution >= 4 is 21.7 Å². The van der Waals surface area contributed by atoms with Crippen molar-refractivity contribution in [2.75, 3.05) is 31.1 Å². The number of aromatic nitrogens is 4. The number of rotatable bonds is 3. The Hall–Kier alpha value is -3.03. The SMILES string of the molecule is CC(C)(C)c1ccnc2nc(N3CCN(S(=O)(=O)c4ccccc4C#N)CC3)nn12. The minimum atomic E-state index is -3.74. The highest BCUT2D eigenvalue weighted by molar-refractivity contribution is 7.89. The Morgan fingerprint density at radius 1 is 1.07 bits per heavy atom. The molecule has 0 atom stereocenters. The van der Waals surface area contributed by atoms with E-state index in [4.69, 9.17) is 0 Å². The molecular weight excluding hydrogens is 402 g/mol. The van der Waals surface area contributed by atoms with Gasteiger partial charge in [0.05, 0.1) is 16.2 Å². The van der Waals surface area contributed by atoms with E-state index in [1.54, 1.807) is 22.8 Å². The molecular formula is C20H23N7O2S. The summed E-state index contributed by atoms with van der Waals surface area (Å²) in [6.45, 7) is 7.79. The van der Waals surface area contributed by atoms with Crippen LogP contribution < -0.4 is 4.90 Å². The van der Waals surface area contributed by atoms with Crippen molar-refractivity contribution < 1.29 is 8.42 Å². The van der Waals surface area contributed by atoms with Gasteiger partial charge in [0.2, 0.25) is 16.0 Å². The van der Waals surface area contributed by atoms with Crippen LogP contribution in [0.4, 0.5) is 5.95 Å². The van der Waals surface area contributed by atoms with E-state index in [1.807, 2.05) is 17.0 Å². The van der Waals surface area contributed by atoms with E-state index >= 15 is 0 Å². The minimum absolute atomic E-state index is 0.0471. The number of fused-ring (bicyclic) bond motifs is 1. The molecule has 3 aromatic rings. The van der Waals surface area contributed by atoms with Crippen molar-refractivity contribution in [3.05, 3.63) is 47.8 Å². The first-order chi connectivity index (χ1) is 14.2. The van der Waals surface area contributed by atoms with Gasteiger partial charge in [-0.25, -0.2) is 13.4 Å². The molecule has 1 saturated heterocycles. The Balaban J connectivity index is 1.56. The molecule has 156 valence electrons. The lowest BCUT2D eigenvalue weighted by Crippen LogP contribution is -2.49. The van der Waals surface area contributed by atoms with Crippen LogP contribution in [0.2, 0.25) is 0 Å². The largest absolute Gasteiger partial charge is 0.337 e. The normalized spacial score (nSPS) is 16.0. The van der Waals surface area contributed by atoms with E-state index in [-0.39, 0.29) is 29.0 Å². The van der Waals surface area contributed by atoms with Crippen molar-refractivity contribution in [1.82, 2.24) is 23.9 Å². The van der Waals surface area contributed by atoms with Crippen LogP contribution in [0.3, 0.4) is 0 Å². The first kappa shape index (κ1) is 20.3. The van der Waals surface area contributed by atoms with Gasteiger partial charge in [-0.15, -0.1) is 5.10 Å². The highest BCUT2D eigenvalue weighted by Gasteiger charge is 2.31. The Bertz CT molecular complexity index is 1230. The maximum absolute atomic E-state index is 13.0. The van der Waals surface area contributed by atoms with Gasteiger partial charge < -0.3 is 4.90 Å². The molecule has 1 aliphatic heterocycles. The molecule has 30 heavy (non-hydrogen) atoms. The van der Waals surface area contributed by atoms with Crippen molar-refractivity contribution in [1.29, 1.82) is 5.26 Å². The summed E-state index contributed by atoms with van der Waals surface area (Å²) in [6, 6.07) is 10.2. The number of nitriles is 1. The van der Waals surface area contributed by atoms with Crippen LogP contribution >= 0.6 is 0 Å². The highest BCUT2D eigenvalue weighted by atomic mass is 32.2. The molecule has 1 fully saturated rings. The average molecular weight is 426 g/mol. The topological polar surface area (TPSA) is 107 Å². The molecule has 0 unspecified atom stereocenters. The Morgan fingerprint density at radius 2 is 1.77 bits per heavy atom. The van der Waals surface area contributed by atoms with Crippen molar-refractivity contribution in [2.24, 2.45) is 0 Å². The molecule has 2 aromatic heterocycles. The summed E-state index contributed by atoms with van der Waals surface area (Å²) in [4.78, 5) is 10.9. The Labute approximate surface area is 175 Å². The Kier molecular flexibility index (Phi) is 4.95. The summed E-state index contributed by atoms with van der Waals surface area (Å²) in [5, 5.41) is 13.9. The van der Waals surface area contributed by atoms with E-state index in [9.17, 15) is 13.7 Å². The van der Waals surface area contributed by atoms with Crippen LogP contribution in [-0.4, -0.2) is 58.5 Å². The van der Waals surface area contributed by atoms with Crippen LogP contribution in [-0.2, 0) is 15.4 Å². The zero-order chi connectivity index (χ0) is 21.5. The third-order valence-corrected chi connectivity index (χ3v) is 7.10. The monoisotopic (exact) mass is 425 g/mol. The lowest BCUT2D eigenvalue weighted by Gasteiger charge is -2.33. The fraction of sp³-hybridized carbons (Fsp3) is 0.400. The maximum atomic E-state index is 13.0. The van der Waals surface area contributed by atoms with E-state index in [1.165, 1.54) is 16.4 Å². The molecule has 3 heterocycles. The number of benzene rings is 1. The zero-order valence-electron chi connectivity index (χ0n) is 17.1. The van der Waals surface area contributed by atoms with Gasteiger partial charge in [0.1, 0.15) is 6.07 Å². The van der Waals surface area contributed by atoms with Gasteiger partial charge in [-0.05, 0) is 18.2 Å². The van der Waals surface area contributed by atoms with Crippen LogP contribution in [0.25, 0.3) is 5.78 Å². The smallest absolute Gasteiger partial charge is 0.254 e. The van der Waals surface area contributed by atoms with Crippen LogP contribution in [0.15, 0.2) is 41.4 Å². The molecule has 0 N–H and O–H groups in total. The van der Waals surface area contributed by atoms with Crippen LogP contribution in [0.1, 0.15) is 32.0 Å². The van der Waals surface area contributed by atoms with Gasteiger partial charge >= 0.3 is 0 Å². The minimum Gasteiger partial charge on any atom is -0.337 e. The summed E-state index contributed by atoms with van der Waals surface area (Å²) < 4.78 is 29.2. The predicted molar refractivity (Wildman–Crippen MR) is 112 cm³/mol. The molecule has 0 saturated carbocycles. The second-order valence-corrected chi connectivity index (χ2v) is 10.1. The molecule has 0 bridgehead atoms. The third-order valence-electron chi connectivity index (χ3n) is 5.14. The van der Waals surface area contributed by atoms with Gasteiger partial charge in [-0.3, -0.25) is 0 Å². The van der Waals surface area contributed by atoms with Crippen molar-refractivity contribution in [3.8, 4) is 6.07 Å². The van der Waals surface area contributed by atoms with E-state index in [2.05, 4.69) is 35.8 Å². The Morgan fingerprint density at radius 3 is 2.43 bits per heavy atom. The molecule has 0 amide bonds. The fourth-order valence-electron chi connectivity index (χ4n) is 3.54. The van der Waals surface area contributed by atoms with Gasteiger partial charge in [-0.1, -0.05) is 32.9 Å². The number of anilines is 1. The van der Waals surface area contributed by atoms with Gasteiger partial charge in [0.25, 0.3) is 5.78 Å². The standard InChI is InChI=1S/C20H23N7O2S/c1-20(2,3)17-8-9-22-18-23-19(24-27(17)18)25-10-12-26(13-11-25)30(28,29)16-7-5-4-6-15(16)14-21/h4-9H,10-13H2,1-3H3. The zero-order valence-corrected chi connectivity index (χ0v) is 18.0. The summed E-state index contributed by atoms with van der Waals surface area (Å²) in [5.74, 6) is 1.06. The number of hydrogen-bond acceptors (Lipinski definition) is 7. The molecule has 4 rings (SSSR count). The molecule has 0 aliphatic carbocycles. The number of sulfonamides is 1. The first-order valence-corrected chi connectivity index (χ1v) is 11.1. The lowest BCUT2D eigenvalue weighted by molar-refractivity contribution is 0.382. The van der Waals surface area contributed by atoms with E-state index in [0.717, 1.165) is 5.69 Å². The summed E-state index contributed by atoms with van der Waals surface area (Å²) in [5.41, 5.74) is 1.04. The summed E-state index contributed by atoms with van der Waals surface area (Å²) in [6.07, 6.45) is 1.73. The molecule has 1 aromatic carbocycles. The summed E-state index contributed by atoms with van der Waals surface area (Å²) >= 11 is 0. The molecule has 1 aliphatic rings. The molecule has 9 nitrogen and oxygen atoms in total. The van der Waals surface area contributed by atoms with E-state index < -0.39 is 10.0 Å². The summed E-state index contributed by atoms with van der Waals surface area (Å²) in [7, 11) is -3.74. The second kappa shape index (κ2) is 7.34. The molecule has 0 spiro atoms. The van der Waals surface area contributed by atoms with Crippen LogP contribution in [0, 0.1) is 11.3 Å². The lowest BCUT2D eigenvalue weighted by atomic mass is 9.92. The number of nitrogens with zero attached hydrogens (tertiary/aromatic N) is 7. The van der Waals surface area contributed by atoms with E-state index in [0.29, 0.717) is 24.8 Å².